The Morgan fingerprint density at radius 2 is 1.85 bits per heavy atom. The predicted molar refractivity (Wildman–Crippen MR) is 107 cm³/mol. The zero-order valence-electron chi connectivity index (χ0n) is 16.6. The van der Waals surface area contributed by atoms with E-state index in [0.717, 1.165) is 63.7 Å². The molecule has 1 aromatic rings. The Hall–Kier alpha value is -1.79. The molecule has 0 aromatic heterocycles. The highest BCUT2D eigenvalue weighted by Gasteiger charge is 2.46. The van der Waals surface area contributed by atoms with Gasteiger partial charge < -0.3 is 19.9 Å². The fourth-order valence-electron chi connectivity index (χ4n) is 5.13. The molecule has 0 unspecified atom stereocenters. The molecule has 3 aliphatic heterocycles. The van der Waals surface area contributed by atoms with E-state index >= 15 is 0 Å². The number of rotatable bonds is 3. The van der Waals surface area contributed by atoms with Crippen molar-refractivity contribution in [3.63, 3.8) is 0 Å². The van der Waals surface area contributed by atoms with Crippen LogP contribution >= 0.6 is 0 Å². The number of hydrogen-bond acceptors (Lipinski definition) is 5. The zero-order valence-corrected chi connectivity index (χ0v) is 16.6. The molecule has 1 aromatic carbocycles. The number of methoxy groups -OCH3 is 1. The number of piperazine rings is 1. The quantitative estimate of drug-likeness (QED) is 0.870. The number of carbonyl (C=O) groups excluding carboxylic acids is 1. The summed E-state index contributed by atoms with van der Waals surface area (Å²) in [7, 11) is 3.84. The van der Waals surface area contributed by atoms with Crippen LogP contribution in [0.3, 0.4) is 0 Å². The van der Waals surface area contributed by atoms with Gasteiger partial charge in [-0.1, -0.05) is 12.1 Å². The van der Waals surface area contributed by atoms with Crippen molar-refractivity contribution in [3.05, 3.63) is 24.3 Å². The van der Waals surface area contributed by atoms with Gasteiger partial charge in [-0.3, -0.25) is 9.69 Å². The summed E-state index contributed by atoms with van der Waals surface area (Å²) in [6, 6.07) is 8.19. The summed E-state index contributed by atoms with van der Waals surface area (Å²) in [5.74, 6) is 1.23. The van der Waals surface area contributed by atoms with Crippen molar-refractivity contribution in [1.29, 1.82) is 0 Å². The standard InChI is InChI=1S/C21H32N4O2/c1-23-16-21(7-9-22-10-8-21)15-18(23)20(26)25-13-11-24(12-14-25)17-5-3-4-6-19(17)27-2/h3-6,18,22H,7-16H2,1-2H3/t18-/m0/s1. The molecule has 3 aliphatic rings. The number of nitrogens with one attached hydrogen (secondary N) is 1. The second-order valence-corrected chi connectivity index (χ2v) is 8.37. The van der Waals surface area contributed by atoms with Crippen LogP contribution in [-0.2, 0) is 4.79 Å². The molecular weight excluding hydrogens is 340 g/mol. The molecule has 1 atom stereocenters. The molecule has 148 valence electrons. The van der Waals surface area contributed by atoms with Crippen LogP contribution in [0.25, 0.3) is 0 Å². The lowest BCUT2D eigenvalue weighted by Crippen LogP contribution is -2.53. The Morgan fingerprint density at radius 1 is 1.15 bits per heavy atom. The number of ether oxygens (including phenoxy) is 1. The lowest BCUT2D eigenvalue weighted by Gasteiger charge is -2.38. The van der Waals surface area contributed by atoms with E-state index in [1.54, 1.807) is 7.11 Å². The molecule has 0 aliphatic carbocycles. The first kappa shape index (κ1) is 18.6. The molecule has 0 radical (unpaired) electrons. The molecule has 3 fully saturated rings. The Morgan fingerprint density at radius 3 is 2.56 bits per heavy atom. The smallest absolute Gasteiger partial charge is 0.240 e. The minimum absolute atomic E-state index is 0.0564. The van der Waals surface area contributed by atoms with Gasteiger partial charge in [-0.05, 0) is 56.9 Å². The fraction of sp³-hybridized carbons (Fsp3) is 0.667. The first-order valence-corrected chi connectivity index (χ1v) is 10.2. The molecular formula is C21H32N4O2. The minimum Gasteiger partial charge on any atom is -0.495 e. The highest BCUT2D eigenvalue weighted by molar-refractivity contribution is 5.82. The third-order valence-corrected chi connectivity index (χ3v) is 6.71. The molecule has 6 nitrogen and oxygen atoms in total. The summed E-state index contributed by atoms with van der Waals surface area (Å²) < 4.78 is 5.50. The summed E-state index contributed by atoms with van der Waals surface area (Å²) >= 11 is 0. The number of piperidine rings is 1. The van der Waals surface area contributed by atoms with Gasteiger partial charge in [0, 0.05) is 32.7 Å². The molecule has 3 saturated heterocycles. The second kappa shape index (κ2) is 7.68. The normalized spacial score (nSPS) is 25.8. The van der Waals surface area contributed by atoms with E-state index < -0.39 is 0 Å². The summed E-state index contributed by atoms with van der Waals surface area (Å²) in [5.41, 5.74) is 1.47. The number of anilines is 1. The number of benzene rings is 1. The van der Waals surface area contributed by atoms with Gasteiger partial charge in [0.2, 0.25) is 5.91 Å². The van der Waals surface area contributed by atoms with Crippen LogP contribution in [0.4, 0.5) is 5.69 Å². The molecule has 1 spiro atoms. The second-order valence-electron chi connectivity index (χ2n) is 8.37. The Bertz CT molecular complexity index is 666. The predicted octanol–water partition coefficient (Wildman–Crippen LogP) is 1.42. The summed E-state index contributed by atoms with van der Waals surface area (Å²) in [6.07, 6.45) is 3.42. The molecule has 1 N–H and O–H groups in total. The van der Waals surface area contributed by atoms with Gasteiger partial charge >= 0.3 is 0 Å². The average molecular weight is 373 g/mol. The maximum atomic E-state index is 13.2. The molecule has 3 heterocycles. The SMILES string of the molecule is COc1ccccc1N1CCN(C(=O)[C@@H]2CC3(CCNCC3)CN2C)CC1. The van der Waals surface area contributed by atoms with E-state index in [-0.39, 0.29) is 6.04 Å². The van der Waals surface area contributed by atoms with Gasteiger partial charge in [0.05, 0.1) is 18.8 Å². The zero-order chi connectivity index (χ0) is 18.9. The first-order chi connectivity index (χ1) is 13.1. The van der Waals surface area contributed by atoms with Crippen LogP contribution in [0.5, 0.6) is 5.75 Å². The summed E-state index contributed by atoms with van der Waals surface area (Å²) in [6.45, 7) is 6.53. The lowest BCUT2D eigenvalue weighted by atomic mass is 9.77. The van der Waals surface area contributed by atoms with E-state index in [1.807, 2.05) is 18.2 Å². The number of amides is 1. The van der Waals surface area contributed by atoms with Gasteiger partial charge in [-0.15, -0.1) is 0 Å². The summed E-state index contributed by atoms with van der Waals surface area (Å²) in [5, 5.41) is 3.46. The van der Waals surface area contributed by atoms with Crippen LogP contribution < -0.4 is 15.0 Å². The molecule has 4 rings (SSSR count). The lowest BCUT2D eigenvalue weighted by molar-refractivity contribution is -0.135. The van der Waals surface area contributed by atoms with Crippen molar-refractivity contribution in [1.82, 2.24) is 15.1 Å². The Balaban J connectivity index is 1.37. The highest BCUT2D eigenvalue weighted by Crippen LogP contribution is 2.41. The summed E-state index contributed by atoms with van der Waals surface area (Å²) in [4.78, 5) is 19.9. The number of carbonyl (C=O) groups is 1. The van der Waals surface area contributed by atoms with Gasteiger partial charge in [0.15, 0.2) is 0 Å². The third kappa shape index (κ3) is 3.65. The third-order valence-electron chi connectivity index (χ3n) is 6.71. The molecule has 1 amide bonds. The van der Waals surface area contributed by atoms with Crippen molar-refractivity contribution in [2.75, 3.05) is 64.9 Å². The number of para-hydroxylation sites is 2. The molecule has 0 bridgehead atoms. The number of hydrogen-bond donors (Lipinski definition) is 1. The monoisotopic (exact) mass is 372 g/mol. The average Bonchev–Trinajstić information content (AvgIpc) is 3.03. The number of likely N-dealkylation sites (N-methyl/N-ethyl adjacent to an activating group) is 1. The molecule has 0 saturated carbocycles. The van der Waals surface area contributed by atoms with E-state index in [1.165, 1.54) is 12.8 Å². The Kier molecular flexibility index (Phi) is 5.28. The van der Waals surface area contributed by atoms with Crippen molar-refractivity contribution >= 4 is 11.6 Å². The van der Waals surface area contributed by atoms with Gasteiger partial charge in [0.1, 0.15) is 5.75 Å². The van der Waals surface area contributed by atoms with E-state index in [9.17, 15) is 4.79 Å². The van der Waals surface area contributed by atoms with Gasteiger partial charge in [-0.2, -0.15) is 0 Å². The molecule has 6 heteroatoms. The fourth-order valence-corrected chi connectivity index (χ4v) is 5.13. The van der Waals surface area contributed by atoms with Crippen molar-refractivity contribution in [3.8, 4) is 5.75 Å². The maximum absolute atomic E-state index is 13.2. The number of nitrogens with zero attached hydrogens (tertiary/aromatic N) is 3. The van der Waals surface area contributed by atoms with E-state index in [4.69, 9.17) is 4.74 Å². The van der Waals surface area contributed by atoms with Gasteiger partial charge in [-0.25, -0.2) is 0 Å². The largest absolute Gasteiger partial charge is 0.495 e. The van der Waals surface area contributed by atoms with Crippen LogP contribution in [0, 0.1) is 5.41 Å². The molecule has 27 heavy (non-hydrogen) atoms. The van der Waals surface area contributed by atoms with Crippen LogP contribution in [-0.4, -0.2) is 81.7 Å². The van der Waals surface area contributed by atoms with Crippen LogP contribution in [0.15, 0.2) is 24.3 Å². The number of likely N-dealkylation sites (tertiary alicyclic amines) is 1. The van der Waals surface area contributed by atoms with E-state index in [2.05, 4.69) is 33.1 Å². The highest BCUT2D eigenvalue weighted by atomic mass is 16.5. The topological polar surface area (TPSA) is 48.1 Å². The first-order valence-electron chi connectivity index (χ1n) is 10.2. The van der Waals surface area contributed by atoms with Gasteiger partial charge in [0.25, 0.3) is 0 Å². The van der Waals surface area contributed by atoms with Crippen molar-refractivity contribution < 1.29 is 9.53 Å². The van der Waals surface area contributed by atoms with E-state index in [0.29, 0.717) is 11.3 Å². The van der Waals surface area contributed by atoms with Crippen LogP contribution in [0.2, 0.25) is 0 Å². The maximum Gasteiger partial charge on any atom is 0.240 e. The minimum atomic E-state index is 0.0564. The Labute approximate surface area is 162 Å². The van der Waals surface area contributed by atoms with Crippen molar-refractivity contribution in [2.24, 2.45) is 5.41 Å². The van der Waals surface area contributed by atoms with Crippen LogP contribution in [0.1, 0.15) is 19.3 Å². The van der Waals surface area contributed by atoms with Crippen molar-refractivity contribution in [2.45, 2.75) is 25.3 Å².